The Morgan fingerprint density at radius 3 is 1.65 bits per heavy atom. The summed E-state index contributed by atoms with van der Waals surface area (Å²) in [5, 5.41) is 16.1. The second kappa shape index (κ2) is 13.5. The van der Waals surface area contributed by atoms with E-state index in [0.717, 1.165) is 35.5 Å². The number of fused-ring (bicyclic) bond motifs is 2. The molecule has 0 fully saturated rings. The van der Waals surface area contributed by atoms with Gasteiger partial charge in [0.05, 0.1) is 21.9 Å². The van der Waals surface area contributed by atoms with Crippen molar-refractivity contribution in [3.8, 4) is 11.5 Å². The maximum Gasteiger partial charge on any atom is 0.253 e. The second-order valence-corrected chi connectivity index (χ2v) is 14.8. The minimum atomic E-state index is -0.447. The van der Waals surface area contributed by atoms with Gasteiger partial charge in [-0.05, 0) is 64.8 Å². The first kappa shape index (κ1) is 31.0. The number of thioether (sulfide) groups is 2. The van der Waals surface area contributed by atoms with Crippen LogP contribution < -0.4 is 20.3 Å². The average molecular weight is 639 g/mol. The molecule has 1 aromatic heterocycles. The molecule has 5 rings (SSSR count). The molecule has 3 aromatic rings. The number of nitrogens with one attached hydrogen (secondary N) is 2. The minimum absolute atomic E-state index is 0.170. The monoisotopic (exact) mass is 638 g/mol. The van der Waals surface area contributed by atoms with Crippen LogP contribution in [0.1, 0.15) is 63.8 Å². The number of benzene rings is 2. The molecule has 2 amide bonds. The van der Waals surface area contributed by atoms with E-state index in [4.69, 9.17) is 9.47 Å². The highest BCUT2D eigenvalue weighted by Crippen LogP contribution is 2.34. The van der Waals surface area contributed by atoms with Crippen LogP contribution in [0, 0.1) is 0 Å². The Labute approximate surface area is 263 Å². The molecule has 3 heterocycles. The van der Waals surface area contributed by atoms with Crippen molar-refractivity contribution < 1.29 is 19.1 Å². The predicted molar refractivity (Wildman–Crippen MR) is 172 cm³/mol. The number of hydrogen-bond donors (Lipinski definition) is 2. The van der Waals surface area contributed by atoms with Gasteiger partial charge < -0.3 is 9.47 Å². The van der Waals surface area contributed by atoms with Gasteiger partial charge in [0.25, 0.3) is 11.8 Å². The van der Waals surface area contributed by atoms with Crippen LogP contribution in [0.3, 0.4) is 0 Å². The average Bonchev–Trinajstić information content (AvgIpc) is 3.69. The van der Waals surface area contributed by atoms with Gasteiger partial charge >= 0.3 is 0 Å². The van der Waals surface area contributed by atoms with Crippen LogP contribution in [0.25, 0.3) is 0 Å². The lowest BCUT2D eigenvalue weighted by molar-refractivity contribution is -0.121. The molecule has 2 aromatic carbocycles. The van der Waals surface area contributed by atoms with E-state index in [-0.39, 0.29) is 24.0 Å². The SMILES string of the molecule is C/C(=N/NC(=O)[C@H](C)Sc1nnc(S[C@H](C)C(=O)N/N=C(/C)c2ccc3c(c2)O[C@H](C)C3)s1)c1ccc2c(c1)O[C@H](C)C2. The molecule has 4 atom stereocenters. The summed E-state index contributed by atoms with van der Waals surface area (Å²) in [4.78, 5) is 25.4. The molecule has 0 saturated carbocycles. The zero-order valence-electron chi connectivity index (χ0n) is 24.8. The van der Waals surface area contributed by atoms with Crippen molar-refractivity contribution in [2.45, 2.75) is 85.8 Å². The molecular formula is C30H34N6O4S3. The van der Waals surface area contributed by atoms with Crippen molar-refractivity contribution in [2.24, 2.45) is 10.2 Å². The minimum Gasteiger partial charge on any atom is -0.490 e. The Balaban J connectivity index is 1.09. The lowest BCUT2D eigenvalue weighted by Crippen LogP contribution is -2.27. The molecule has 0 unspecified atom stereocenters. The van der Waals surface area contributed by atoms with Crippen molar-refractivity contribution in [1.29, 1.82) is 0 Å². The van der Waals surface area contributed by atoms with E-state index in [0.29, 0.717) is 20.1 Å². The number of hydrogen-bond acceptors (Lipinski definition) is 11. The van der Waals surface area contributed by atoms with Crippen LogP contribution in [-0.4, -0.2) is 56.1 Å². The molecular weight excluding hydrogens is 605 g/mol. The third-order valence-electron chi connectivity index (χ3n) is 6.99. The van der Waals surface area contributed by atoms with E-state index in [1.54, 1.807) is 13.8 Å². The van der Waals surface area contributed by atoms with Gasteiger partial charge in [-0.2, -0.15) is 10.2 Å². The molecule has 2 aliphatic heterocycles. The number of rotatable bonds is 10. The Morgan fingerprint density at radius 2 is 1.23 bits per heavy atom. The molecule has 0 spiro atoms. The highest BCUT2D eigenvalue weighted by atomic mass is 32.2. The molecule has 0 saturated heterocycles. The fourth-order valence-corrected chi connectivity index (χ4v) is 7.84. The van der Waals surface area contributed by atoms with Gasteiger partial charge in [-0.3, -0.25) is 9.59 Å². The number of hydrazone groups is 2. The molecule has 0 aliphatic carbocycles. The standard InChI is InChI=1S/C30H34N6O4S3/c1-15-11-23-9-7-21(13-25(23)39-15)17(3)31-33-27(37)19(5)41-29-35-36-30(43-29)42-20(6)28(38)34-32-18(4)22-8-10-24-12-16(2)40-26(24)14-22/h7-10,13-16,19-20H,11-12H2,1-6H3,(H,33,37)(H,34,38)/b31-17-,32-18-/t15-,16-,19-,20+/m1/s1. The number of carbonyl (C=O) groups excluding carboxylic acids is 2. The van der Waals surface area contributed by atoms with Crippen LogP contribution in [-0.2, 0) is 22.4 Å². The molecule has 13 heteroatoms. The summed E-state index contributed by atoms with van der Waals surface area (Å²) in [6.45, 7) is 11.3. The fourth-order valence-electron chi connectivity index (χ4n) is 4.54. The van der Waals surface area contributed by atoms with Crippen LogP contribution in [0.15, 0.2) is 55.3 Å². The van der Waals surface area contributed by atoms with E-state index in [1.807, 2.05) is 64.1 Å². The molecule has 2 aliphatic rings. The van der Waals surface area contributed by atoms with E-state index < -0.39 is 10.5 Å². The fraction of sp³-hybridized carbons (Fsp3) is 0.400. The zero-order chi connectivity index (χ0) is 30.7. The molecule has 0 bridgehead atoms. The lowest BCUT2D eigenvalue weighted by Gasteiger charge is -2.09. The van der Waals surface area contributed by atoms with E-state index in [9.17, 15) is 9.59 Å². The van der Waals surface area contributed by atoms with Gasteiger partial charge in [-0.15, -0.1) is 10.2 Å². The molecule has 43 heavy (non-hydrogen) atoms. The van der Waals surface area contributed by atoms with Crippen molar-refractivity contribution in [2.75, 3.05) is 0 Å². The highest BCUT2D eigenvalue weighted by Gasteiger charge is 2.22. The van der Waals surface area contributed by atoms with Crippen molar-refractivity contribution in [3.05, 3.63) is 58.7 Å². The first-order valence-electron chi connectivity index (χ1n) is 14.0. The smallest absolute Gasteiger partial charge is 0.253 e. The number of aromatic nitrogens is 2. The third-order valence-corrected chi connectivity index (χ3v) is 10.3. The number of nitrogens with zero attached hydrogens (tertiary/aromatic N) is 4. The van der Waals surface area contributed by atoms with Crippen molar-refractivity contribution in [1.82, 2.24) is 21.0 Å². The quantitative estimate of drug-likeness (QED) is 0.176. The summed E-state index contributed by atoms with van der Waals surface area (Å²) >= 11 is 3.91. The van der Waals surface area contributed by atoms with Crippen molar-refractivity contribution in [3.63, 3.8) is 0 Å². The summed E-state index contributed by atoms with van der Waals surface area (Å²) in [6.07, 6.45) is 2.14. The highest BCUT2D eigenvalue weighted by molar-refractivity contribution is 8.04. The first-order chi connectivity index (χ1) is 20.5. The number of amides is 2. The normalized spacial score (nSPS) is 19.1. The molecule has 0 radical (unpaired) electrons. The van der Waals surface area contributed by atoms with Gasteiger partial charge in [0.1, 0.15) is 23.7 Å². The number of ether oxygens (including phenoxy) is 2. The number of carbonyl (C=O) groups is 2. The summed E-state index contributed by atoms with van der Waals surface area (Å²) in [5.41, 5.74) is 10.8. The third kappa shape index (κ3) is 7.76. The predicted octanol–water partition coefficient (Wildman–Crippen LogP) is 5.23. The van der Waals surface area contributed by atoms with Gasteiger partial charge in [-0.1, -0.05) is 59.1 Å². The Hall–Kier alpha value is -3.42. The molecule has 10 nitrogen and oxygen atoms in total. The van der Waals surface area contributed by atoms with Crippen molar-refractivity contribution >= 4 is 58.1 Å². The van der Waals surface area contributed by atoms with Gasteiger partial charge in [0.2, 0.25) is 0 Å². The topological polar surface area (TPSA) is 127 Å². The summed E-state index contributed by atoms with van der Waals surface area (Å²) in [6, 6.07) is 12.0. The summed E-state index contributed by atoms with van der Waals surface area (Å²) in [7, 11) is 0. The summed E-state index contributed by atoms with van der Waals surface area (Å²) < 4.78 is 12.9. The van der Waals surface area contributed by atoms with Gasteiger partial charge in [-0.25, -0.2) is 10.9 Å². The van der Waals surface area contributed by atoms with Crippen LogP contribution in [0.4, 0.5) is 0 Å². The van der Waals surface area contributed by atoms with Crippen LogP contribution in [0.5, 0.6) is 11.5 Å². The van der Waals surface area contributed by atoms with Crippen LogP contribution in [0.2, 0.25) is 0 Å². The Bertz CT molecular complexity index is 1480. The van der Waals surface area contributed by atoms with E-state index in [2.05, 4.69) is 31.3 Å². The second-order valence-electron chi connectivity index (χ2n) is 10.6. The molecule has 2 N–H and O–H groups in total. The largest absolute Gasteiger partial charge is 0.490 e. The molecule has 226 valence electrons. The van der Waals surface area contributed by atoms with Gasteiger partial charge in [0, 0.05) is 24.0 Å². The maximum atomic E-state index is 12.7. The first-order valence-corrected chi connectivity index (χ1v) is 16.6. The Morgan fingerprint density at radius 1 is 0.814 bits per heavy atom. The maximum absolute atomic E-state index is 12.7. The van der Waals surface area contributed by atoms with E-state index in [1.165, 1.54) is 46.0 Å². The van der Waals surface area contributed by atoms with Crippen LogP contribution >= 0.6 is 34.9 Å². The Kier molecular flexibility index (Phi) is 9.72. The summed E-state index contributed by atoms with van der Waals surface area (Å²) in [5.74, 6) is 1.25. The van der Waals surface area contributed by atoms with Gasteiger partial charge in [0.15, 0.2) is 8.68 Å². The zero-order valence-corrected chi connectivity index (χ0v) is 27.3. The van der Waals surface area contributed by atoms with E-state index >= 15 is 0 Å². The lowest BCUT2D eigenvalue weighted by atomic mass is 10.1.